The molecule has 4 rings (SSSR count). The number of ether oxygens (including phenoxy) is 2. The van der Waals surface area contributed by atoms with Gasteiger partial charge in [0.2, 0.25) is 0 Å². The van der Waals surface area contributed by atoms with Crippen LogP contribution in [0.15, 0.2) is 72.8 Å². The van der Waals surface area contributed by atoms with Gasteiger partial charge < -0.3 is 56.9 Å². The number of benzene rings is 2. The Hall–Kier alpha value is -2.67. The fourth-order valence-electron chi connectivity index (χ4n) is 3.46. The van der Waals surface area contributed by atoms with Crippen molar-refractivity contribution < 1.29 is 74.0 Å². The summed E-state index contributed by atoms with van der Waals surface area (Å²) in [5, 5.41) is 21.2. The maximum absolute atomic E-state index is 10.6. The van der Waals surface area contributed by atoms with E-state index >= 15 is 0 Å². The summed E-state index contributed by atoms with van der Waals surface area (Å²) in [6.45, 7) is 4.65. The summed E-state index contributed by atoms with van der Waals surface area (Å²) in [5.41, 5.74) is 3.66. The van der Waals surface area contributed by atoms with Gasteiger partial charge in [-0.1, -0.05) is 24.3 Å². The molecule has 0 radical (unpaired) electrons. The minimum Gasteiger partial charge on any atom is -1.00 e. The third-order valence-corrected chi connectivity index (χ3v) is 4.91. The standard InChI is InChI=1S/C26H24N2O4.3ClH.Mn/c1-3-31-23-15-5-9-17(25(23)29)19-11-7-13-21(27-19)22-14-8-12-20(28-22)18-10-6-16-24(26(18)30)32-4-2;;;;/h5-16,29-30H,3-4H2,1-2H3;3*1H;/q;;;;+3/p-3. The van der Waals surface area contributed by atoms with Gasteiger partial charge in [-0.25, -0.2) is 9.97 Å². The maximum atomic E-state index is 10.6. The van der Waals surface area contributed by atoms with Crippen LogP contribution < -0.4 is 46.7 Å². The van der Waals surface area contributed by atoms with Crippen LogP contribution in [0.4, 0.5) is 0 Å². The number of aromatic nitrogens is 2. The molecule has 0 spiro atoms. The minimum absolute atomic E-state index is 0. The number of aromatic hydroxyl groups is 2. The van der Waals surface area contributed by atoms with Gasteiger partial charge in [0.1, 0.15) is 0 Å². The number of hydrogen-bond donors (Lipinski definition) is 2. The van der Waals surface area contributed by atoms with Gasteiger partial charge in [-0.15, -0.1) is 0 Å². The molecule has 4 aromatic rings. The van der Waals surface area contributed by atoms with Crippen LogP contribution in [0, 0.1) is 0 Å². The first-order valence-corrected chi connectivity index (χ1v) is 10.5. The average molecular weight is 590 g/mol. The molecule has 0 aliphatic carbocycles. The Balaban J connectivity index is 0.00000306. The van der Waals surface area contributed by atoms with Gasteiger partial charge in [-0.3, -0.25) is 0 Å². The minimum atomic E-state index is 0. The second-order valence-corrected chi connectivity index (χ2v) is 6.99. The monoisotopic (exact) mass is 588 g/mol. The second kappa shape index (κ2) is 15.4. The zero-order valence-corrected chi connectivity index (χ0v) is 22.9. The molecule has 2 heterocycles. The van der Waals surface area contributed by atoms with Crippen LogP contribution in [-0.4, -0.2) is 33.4 Å². The van der Waals surface area contributed by atoms with E-state index in [2.05, 4.69) is 0 Å². The third-order valence-electron chi connectivity index (χ3n) is 4.91. The number of hydrogen-bond acceptors (Lipinski definition) is 6. The van der Waals surface area contributed by atoms with Gasteiger partial charge in [0.05, 0.1) is 36.0 Å². The Kier molecular flexibility index (Phi) is 14.3. The van der Waals surface area contributed by atoms with Crippen LogP contribution >= 0.6 is 0 Å². The van der Waals surface area contributed by atoms with E-state index in [1.165, 1.54) is 0 Å². The van der Waals surface area contributed by atoms with Crippen molar-refractivity contribution in [1.82, 2.24) is 9.97 Å². The van der Waals surface area contributed by atoms with Crippen molar-refractivity contribution in [3.05, 3.63) is 72.8 Å². The van der Waals surface area contributed by atoms with E-state index in [0.717, 1.165) is 0 Å². The summed E-state index contributed by atoms with van der Waals surface area (Å²) >= 11 is 0. The second-order valence-electron chi connectivity index (χ2n) is 6.99. The van der Waals surface area contributed by atoms with E-state index < -0.39 is 0 Å². The SMILES string of the molecule is CCOc1cccc(-c2cccc(-c3cccc(-c4cccc(OCC)c4O)n3)n2)c1O.[Cl-].[Cl-].[Cl-].[Mn+3]. The van der Waals surface area contributed by atoms with E-state index in [-0.39, 0.29) is 65.8 Å². The Bertz CT molecular complexity index is 1160. The van der Waals surface area contributed by atoms with Crippen molar-refractivity contribution in [2.24, 2.45) is 0 Å². The molecule has 0 atom stereocenters. The predicted octanol–water partition coefficient (Wildman–Crippen LogP) is -3.30. The molecular weight excluding hydrogens is 566 g/mol. The summed E-state index contributed by atoms with van der Waals surface area (Å²) < 4.78 is 11.0. The molecule has 10 heteroatoms. The molecule has 2 N–H and O–H groups in total. The molecular formula is C26H24Cl3MnN2O4. The van der Waals surface area contributed by atoms with Crippen molar-refractivity contribution in [1.29, 1.82) is 0 Å². The van der Waals surface area contributed by atoms with Crippen LogP contribution in [0.3, 0.4) is 0 Å². The third kappa shape index (κ3) is 7.19. The molecule has 2 aromatic carbocycles. The summed E-state index contributed by atoms with van der Waals surface area (Å²) in [6, 6.07) is 21.8. The van der Waals surface area contributed by atoms with Crippen molar-refractivity contribution >= 4 is 0 Å². The quantitative estimate of drug-likeness (QED) is 0.220. The van der Waals surface area contributed by atoms with Crippen molar-refractivity contribution in [3.8, 4) is 56.9 Å². The van der Waals surface area contributed by atoms with Crippen LogP contribution in [-0.2, 0) is 17.1 Å². The van der Waals surface area contributed by atoms with E-state index in [9.17, 15) is 10.2 Å². The van der Waals surface area contributed by atoms with Gasteiger partial charge in [0.25, 0.3) is 0 Å². The number of phenols is 2. The first kappa shape index (κ1) is 33.3. The van der Waals surface area contributed by atoms with E-state index in [4.69, 9.17) is 19.4 Å². The van der Waals surface area contributed by atoms with Gasteiger partial charge in [0, 0.05) is 11.1 Å². The normalized spacial score (nSPS) is 9.50. The first-order valence-electron chi connectivity index (χ1n) is 10.5. The Morgan fingerprint density at radius 2 is 0.889 bits per heavy atom. The number of phenolic OH excluding ortho intramolecular Hbond substituents is 2. The van der Waals surface area contributed by atoms with Gasteiger partial charge in [-0.05, 0) is 62.4 Å². The Morgan fingerprint density at radius 3 is 1.25 bits per heavy atom. The molecule has 0 unspecified atom stereocenters. The molecule has 0 saturated carbocycles. The van der Waals surface area contributed by atoms with Crippen LogP contribution in [0.5, 0.6) is 23.0 Å². The predicted molar refractivity (Wildman–Crippen MR) is 124 cm³/mol. The molecule has 0 aliphatic heterocycles. The molecule has 0 amide bonds. The number of halogens is 3. The summed E-state index contributed by atoms with van der Waals surface area (Å²) in [5.74, 6) is 0.945. The van der Waals surface area contributed by atoms with Gasteiger partial charge >= 0.3 is 17.1 Å². The molecule has 0 aliphatic rings. The Labute approximate surface area is 239 Å². The summed E-state index contributed by atoms with van der Waals surface area (Å²) in [4.78, 5) is 9.43. The molecule has 6 nitrogen and oxygen atoms in total. The fraction of sp³-hybridized carbons (Fsp3) is 0.154. The van der Waals surface area contributed by atoms with E-state index in [0.29, 0.717) is 58.6 Å². The number of pyridine rings is 2. The first-order chi connectivity index (χ1) is 15.6. The van der Waals surface area contributed by atoms with Crippen molar-refractivity contribution in [3.63, 3.8) is 0 Å². The molecule has 0 bridgehead atoms. The zero-order valence-electron chi connectivity index (χ0n) is 19.5. The Morgan fingerprint density at radius 1 is 0.556 bits per heavy atom. The largest absolute Gasteiger partial charge is 3.00 e. The molecule has 2 aromatic heterocycles. The molecule has 190 valence electrons. The van der Waals surface area contributed by atoms with Crippen LogP contribution in [0.2, 0.25) is 0 Å². The van der Waals surface area contributed by atoms with Crippen molar-refractivity contribution in [2.45, 2.75) is 13.8 Å². The smallest absolute Gasteiger partial charge is 1.00 e. The molecule has 36 heavy (non-hydrogen) atoms. The zero-order chi connectivity index (χ0) is 22.5. The van der Waals surface area contributed by atoms with Gasteiger partial charge in [-0.2, -0.15) is 0 Å². The molecule has 0 fully saturated rings. The van der Waals surface area contributed by atoms with Crippen LogP contribution in [0.1, 0.15) is 13.8 Å². The average Bonchev–Trinajstić information content (AvgIpc) is 2.82. The van der Waals surface area contributed by atoms with E-state index in [1.54, 1.807) is 24.3 Å². The summed E-state index contributed by atoms with van der Waals surface area (Å²) in [7, 11) is 0. The number of rotatable bonds is 7. The number of nitrogens with zero attached hydrogens (tertiary/aromatic N) is 2. The maximum Gasteiger partial charge on any atom is 3.00 e. The summed E-state index contributed by atoms with van der Waals surface area (Å²) in [6.07, 6.45) is 0. The number of para-hydroxylation sites is 2. The fourth-order valence-corrected chi connectivity index (χ4v) is 3.46. The van der Waals surface area contributed by atoms with Crippen LogP contribution in [0.25, 0.3) is 33.9 Å². The topological polar surface area (TPSA) is 84.7 Å². The van der Waals surface area contributed by atoms with E-state index in [1.807, 2.05) is 62.4 Å². The van der Waals surface area contributed by atoms with Crippen molar-refractivity contribution in [2.75, 3.05) is 13.2 Å². The molecule has 0 saturated heterocycles. The van der Waals surface area contributed by atoms with Gasteiger partial charge in [0.15, 0.2) is 23.0 Å².